The Labute approximate surface area is 133 Å². The number of benzene rings is 1. The third kappa shape index (κ3) is 3.50. The molecule has 0 radical (unpaired) electrons. The molecule has 114 valence electrons. The standard InChI is InChI=1S/C15H17Cl2NO3/c1-15(14(20)21)5-3-2-4-12(15)18-13(19)9-6-10(16)8-11(17)7-9/h6-8,12H,2-5H2,1H3,(H,18,19)(H,20,21). The number of aliphatic carboxylic acids is 1. The lowest BCUT2D eigenvalue weighted by molar-refractivity contribution is -0.151. The first kappa shape index (κ1) is 16.1. The van der Waals surface area contributed by atoms with Crippen LogP contribution in [0.3, 0.4) is 0 Å². The lowest BCUT2D eigenvalue weighted by Crippen LogP contribution is -2.52. The molecule has 1 saturated carbocycles. The van der Waals surface area contributed by atoms with E-state index in [2.05, 4.69) is 5.32 Å². The molecule has 0 aliphatic heterocycles. The van der Waals surface area contributed by atoms with Gasteiger partial charge in [0.15, 0.2) is 0 Å². The highest BCUT2D eigenvalue weighted by molar-refractivity contribution is 6.35. The zero-order chi connectivity index (χ0) is 15.6. The Morgan fingerprint density at radius 2 is 1.86 bits per heavy atom. The summed E-state index contributed by atoms with van der Waals surface area (Å²) >= 11 is 11.8. The summed E-state index contributed by atoms with van der Waals surface area (Å²) in [6.45, 7) is 1.68. The number of carboxylic acid groups (broad SMARTS) is 1. The van der Waals surface area contributed by atoms with Gasteiger partial charge in [0.05, 0.1) is 5.41 Å². The van der Waals surface area contributed by atoms with Gasteiger partial charge in [-0.2, -0.15) is 0 Å². The molecule has 4 nitrogen and oxygen atoms in total. The Morgan fingerprint density at radius 3 is 2.43 bits per heavy atom. The van der Waals surface area contributed by atoms with E-state index in [1.54, 1.807) is 13.0 Å². The molecule has 1 fully saturated rings. The molecule has 2 N–H and O–H groups in total. The lowest BCUT2D eigenvalue weighted by Gasteiger charge is -2.38. The maximum atomic E-state index is 12.3. The van der Waals surface area contributed by atoms with E-state index in [1.165, 1.54) is 12.1 Å². The van der Waals surface area contributed by atoms with E-state index in [0.29, 0.717) is 28.5 Å². The van der Waals surface area contributed by atoms with E-state index in [0.717, 1.165) is 12.8 Å². The number of hydrogen-bond acceptors (Lipinski definition) is 2. The van der Waals surface area contributed by atoms with Crippen LogP contribution in [-0.4, -0.2) is 23.0 Å². The second-order valence-corrected chi connectivity index (χ2v) is 6.53. The fraction of sp³-hybridized carbons (Fsp3) is 0.467. The number of hydrogen-bond donors (Lipinski definition) is 2. The summed E-state index contributed by atoms with van der Waals surface area (Å²) in [6, 6.07) is 4.18. The van der Waals surface area contributed by atoms with E-state index in [9.17, 15) is 14.7 Å². The van der Waals surface area contributed by atoms with Crippen LogP contribution in [0.4, 0.5) is 0 Å². The van der Waals surface area contributed by atoms with Gasteiger partial charge in [-0.05, 0) is 38.0 Å². The van der Waals surface area contributed by atoms with E-state index < -0.39 is 17.4 Å². The van der Waals surface area contributed by atoms with Crippen molar-refractivity contribution in [3.05, 3.63) is 33.8 Å². The number of halogens is 2. The maximum Gasteiger partial charge on any atom is 0.311 e. The number of carbonyl (C=O) groups is 2. The Bertz CT molecular complexity index is 556. The van der Waals surface area contributed by atoms with Crippen LogP contribution in [0.1, 0.15) is 43.0 Å². The summed E-state index contributed by atoms with van der Waals surface area (Å²) < 4.78 is 0. The minimum atomic E-state index is -0.934. The Kier molecular flexibility index (Phi) is 4.79. The quantitative estimate of drug-likeness (QED) is 0.887. The van der Waals surface area contributed by atoms with E-state index in [4.69, 9.17) is 23.2 Å². The van der Waals surface area contributed by atoms with Gasteiger partial charge in [-0.25, -0.2) is 0 Å². The summed E-state index contributed by atoms with van der Waals surface area (Å²) in [5, 5.41) is 13.0. The third-order valence-corrected chi connectivity index (χ3v) is 4.56. The van der Waals surface area contributed by atoms with E-state index in [1.807, 2.05) is 0 Å². The Morgan fingerprint density at radius 1 is 1.24 bits per heavy atom. The molecule has 6 heteroatoms. The normalized spacial score (nSPS) is 25.4. The largest absolute Gasteiger partial charge is 0.481 e. The van der Waals surface area contributed by atoms with Crippen molar-refractivity contribution in [2.24, 2.45) is 5.41 Å². The van der Waals surface area contributed by atoms with Crippen molar-refractivity contribution in [1.82, 2.24) is 5.32 Å². The van der Waals surface area contributed by atoms with Gasteiger partial charge in [0.1, 0.15) is 0 Å². The number of rotatable bonds is 3. The van der Waals surface area contributed by atoms with Crippen LogP contribution in [0.5, 0.6) is 0 Å². The van der Waals surface area contributed by atoms with Crippen molar-refractivity contribution in [2.75, 3.05) is 0 Å². The molecule has 2 unspecified atom stereocenters. The second-order valence-electron chi connectivity index (χ2n) is 5.65. The van der Waals surface area contributed by atoms with Crippen molar-refractivity contribution in [3.8, 4) is 0 Å². The van der Waals surface area contributed by atoms with Gasteiger partial charge in [0.2, 0.25) is 0 Å². The first-order valence-electron chi connectivity index (χ1n) is 6.83. The van der Waals surface area contributed by atoms with Gasteiger partial charge < -0.3 is 10.4 Å². The molecule has 1 aromatic rings. The molecule has 0 saturated heterocycles. The Hall–Kier alpha value is -1.26. The third-order valence-electron chi connectivity index (χ3n) is 4.13. The number of nitrogens with one attached hydrogen (secondary N) is 1. The molecule has 0 aromatic heterocycles. The highest BCUT2D eigenvalue weighted by atomic mass is 35.5. The second kappa shape index (κ2) is 6.24. The minimum Gasteiger partial charge on any atom is -0.481 e. The van der Waals surface area contributed by atoms with Crippen LogP contribution in [0, 0.1) is 5.41 Å². The predicted octanol–water partition coefficient (Wildman–Crippen LogP) is 3.76. The van der Waals surface area contributed by atoms with Crippen LogP contribution in [-0.2, 0) is 4.79 Å². The molecular formula is C15H17Cl2NO3. The van der Waals surface area contributed by atoms with E-state index in [-0.39, 0.29) is 5.91 Å². The molecule has 0 bridgehead atoms. The summed E-state index contributed by atoms with van der Waals surface area (Å²) in [7, 11) is 0. The summed E-state index contributed by atoms with van der Waals surface area (Å²) in [6.07, 6.45) is 2.98. The zero-order valence-electron chi connectivity index (χ0n) is 11.7. The first-order chi connectivity index (χ1) is 9.83. The minimum absolute atomic E-state index is 0.339. The molecule has 0 spiro atoms. The van der Waals surface area contributed by atoms with Gasteiger partial charge >= 0.3 is 5.97 Å². The van der Waals surface area contributed by atoms with Crippen molar-refractivity contribution in [1.29, 1.82) is 0 Å². The van der Waals surface area contributed by atoms with Gasteiger partial charge in [-0.15, -0.1) is 0 Å². The summed E-state index contributed by atoms with van der Waals surface area (Å²) in [5.41, 5.74) is -0.596. The average Bonchev–Trinajstić information content (AvgIpc) is 2.40. The molecule has 2 rings (SSSR count). The van der Waals surface area contributed by atoms with Crippen molar-refractivity contribution in [2.45, 2.75) is 38.6 Å². The van der Waals surface area contributed by atoms with Crippen LogP contribution >= 0.6 is 23.2 Å². The number of amides is 1. The topological polar surface area (TPSA) is 66.4 Å². The van der Waals surface area contributed by atoms with Crippen LogP contribution < -0.4 is 5.32 Å². The van der Waals surface area contributed by atoms with Crippen molar-refractivity contribution < 1.29 is 14.7 Å². The fourth-order valence-corrected chi connectivity index (χ4v) is 3.27. The van der Waals surface area contributed by atoms with Crippen LogP contribution in [0.25, 0.3) is 0 Å². The van der Waals surface area contributed by atoms with Crippen molar-refractivity contribution >= 4 is 35.1 Å². The molecule has 1 aliphatic carbocycles. The maximum absolute atomic E-state index is 12.3. The predicted molar refractivity (Wildman–Crippen MR) is 81.9 cm³/mol. The molecule has 1 amide bonds. The summed E-state index contributed by atoms with van der Waals surface area (Å²) in [5.74, 6) is -1.23. The highest BCUT2D eigenvalue weighted by Crippen LogP contribution is 2.36. The van der Waals surface area contributed by atoms with Gasteiger partial charge in [-0.1, -0.05) is 36.0 Å². The van der Waals surface area contributed by atoms with Crippen LogP contribution in [0.15, 0.2) is 18.2 Å². The zero-order valence-corrected chi connectivity index (χ0v) is 13.2. The summed E-state index contributed by atoms with van der Waals surface area (Å²) in [4.78, 5) is 23.8. The lowest BCUT2D eigenvalue weighted by atomic mass is 9.71. The molecule has 1 aromatic carbocycles. The number of carboxylic acids is 1. The van der Waals surface area contributed by atoms with Gasteiger partial charge in [0.25, 0.3) is 5.91 Å². The van der Waals surface area contributed by atoms with E-state index >= 15 is 0 Å². The molecular weight excluding hydrogens is 313 g/mol. The SMILES string of the molecule is CC1(C(=O)O)CCCCC1NC(=O)c1cc(Cl)cc(Cl)c1. The fourth-order valence-electron chi connectivity index (χ4n) is 2.75. The molecule has 21 heavy (non-hydrogen) atoms. The average molecular weight is 330 g/mol. The van der Waals surface area contributed by atoms with Crippen LogP contribution in [0.2, 0.25) is 10.0 Å². The molecule has 1 aliphatic rings. The van der Waals surface area contributed by atoms with Gasteiger partial charge in [0, 0.05) is 21.7 Å². The monoisotopic (exact) mass is 329 g/mol. The highest BCUT2D eigenvalue weighted by Gasteiger charge is 2.43. The van der Waals surface area contributed by atoms with Crippen molar-refractivity contribution in [3.63, 3.8) is 0 Å². The first-order valence-corrected chi connectivity index (χ1v) is 7.59. The van der Waals surface area contributed by atoms with Gasteiger partial charge in [-0.3, -0.25) is 9.59 Å². The number of carbonyl (C=O) groups excluding carboxylic acids is 1. The Balaban J connectivity index is 2.19. The molecule has 2 atom stereocenters. The molecule has 0 heterocycles. The smallest absolute Gasteiger partial charge is 0.311 e.